The van der Waals surface area contributed by atoms with Crippen molar-refractivity contribution < 1.29 is 4.42 Å². The Balaban J connectivity index is 2.79. The van der Waals surface area contributed by atoms with E-state index < -0.39 is 0 Å². The second kappa shape index (κ2) is 1.62. The van der Waals surface area contributed by atoms with Crippen LogP contribution in [0.4, 0.5) is 0 Å². The van der Waals surface area contributed by atoms with Crippen LogP contribution in [0.1, 0.15) is 0 Å². The summed E-state index contributed by atoms with van der Waals surface area (Å²) in [7, 11) is 0. The number of fused-ring (bicyclic) bond motifs is 1. The highest BCUT2D eigenvalue weighted by Gasteiger charge is 1.98. The minimum Gasteiger partial charge on any atom is -0.464 e. The van der Waals surface area contributed by atoms with E-state index in [-0.39, 0.29) is 0 Å². The van der Waals surface area contributed by atoms with Gasteiger partial charge in [-0.25, -0.2) is 0 Å². The molecule has 0 fully saturated rings. The Morgan fingerprint density at radius 1 is 1.33 bits per heavy atom. The van der Waals surface area contributed by atoms with E-state index in [1.54, 1.807) is 6.26 Å². The topological polar surface area (TPSA) is 13.1 Å². The molecular weight excluding hydrogens is 112 g/mol. The molecule has 2 rings (SSSR count). The van der Waals surface area contributed by atoms with E-state index in [4.69, 9.17) is 4.42 Å². The van der Waals surface area contributed by atoms with Crippen LogP contribution in [-0.4, -0.2) is 0 Å². The normalized spacial score (nSPS) is 10.2. The average Bonchev–Trinajstić information content (AvgIpc) is 2.33. The Kier molecular flexibility index (Phi) is 0.833. The third-order valence-corrected chi connectivity index (χ3v) is 1.30. The molecule has 0 unspecified atom stereocenters. The van der Waals surface area contributed by atoms with Crippen LogP contribution in [-0.2, 0) is 0 Å². The Morgan fingerprint density at radius 3 is 3.22 bits per heavy atom. The maximum atomic E-state index is 5.10. The fourth-order valence-electron chi connectivity index (χ4n) is 0.865. The Bertz CT molecular complexity index is 245. The van der Waals surface area contributed by atoms with Crippen molar-refractivity contribution in [2.75, 3.05) is 0 Å². The van der Waals surface area contributed by atoms with Gasteiger partial charge in [0.1, 0.15) is 5.76 Å². The number of hydrogen-bond donors (Lipinski definition) is 0. The van der Waals surface area contributed by atoms with Crippen LogP contribution >= 0.6 is 0 Å². The van der Waals surface area contributed by atoms with Gasteiger partial charge >= 0.3 is 0 Å². The van der Waals surface area contributed by atoms with Crippen LogP contribution < -0.4 is 0 Å². The van der Waals surface area contributed by atoms with Crippen molar-refractivity contribution in [2.24, 2.45) is 0 Å². The maximum absolute atomic E-state index is 5.10. The summed E-state index contributed by atoms with van der Waals surface area (Å²) < 4.78 is 5.10. The van der Waals surface area contributed by atoms with Crippen LogP contribution in [0, 0.1) is 6.07 Å². The fourth-order valence-corrected chi connectivity index (χ4v) is 0.865. The molecule has 0 saturated carbocycles. The van der Waals surface area contributed by atoms with E-state index in [0.717, 1.165) is 11.3 Å². The van der Waals surface area contributed by atoms with E-state index >= 15 is 0 Å². The highest BCUT2D eigenvalue weighted by molar-refractivity contribution is 5.59. The Labute approximate surface area is 53.3 Å². The highest BCUT2D eigenvalue weighted by atomic mass is 16.3. The third-order valence-electron chi connectivity index (χ3n) is 1.30. The lowest BCUT2D eigenvalue weighted by atomic mass is 10.3. The molecule has 1 heterocycles. The van der Waals surface area contributed by atoms with Gasteiger partial charge in [-0.1, -0.05) is 12.1 Å². The molecule has 1 aliphatic heterocycles. The second-order valence-corrected chi connectivity index (χ2v) is 1.89. The molecule has 1 aliphatic carbocycles. The first-order valence-electron chi connectivity index (χ1n) is 2.80. The molecule has 0 aromatic rings. The molecule has 0 bridgehead atoms. The van der Waals surface area contributed by atoms with Crippen LogP contribution in [0.5, 0.6) is 0 Å². The van der Waals surface area contributed by atoms with Gasteiger partial charge in [-0.15, -0.1) is 0 Å². The van der Waals surface area contributed by atoms with Gasteiger partial charge in [-0.3, -0.25) is 0 Å². The second-order valence-electron chi connectivity index (χ2n) is 1.89. The molecular formula is C8H5O. The average molecular weight is 117 g/mol. The summed E-state index contributed by atoms with van der Waals surface area (Å²) in [5, 5.41) is 0. The molecule has 9 heavy (non-hydrogen) atoms. The zero-order valence-electron chi connectivity index (χ0n) is 4.79. The van der Waals surface area contributed by atoms with Gasteiger partial charge in [0.25, 0.3) is 0 Å². The summed E-state index contributed by atoms with van der Waals surface area (Å²) in [6.45, 7) is 0. The van der Waals surface area contributed by atoms with E-state index in [0.29, 0.717) is 0 Å². The van der Waals surface area contributed by atoms with E-state index in [1.165, 1.54) is 0 Å². The first-order valence-corrected chi connectivity index (χ1v) is 2.80. The molecule has 2 aliphatic rings. The molecule has 0 spiro atoms. The fraction of sp³-hybridized carbons (Fsp3) is 0. The first kappa shape index (κ1) is 4.62. The minimum atomic E-state index is 0.925. The molecule has 0 aromatic heterocycles. The van der Waals surface area contributed by atoms with E-state index in [2.05, 4.69) is 6.07 Å². The zero-order chi connectivity index (χ0) is 6.10. The molecule has 1 heteroatoms. The van der Waals surface area contributed by atoms with Crippen molar-refractivity contribution in [1.29, 1.82) is 0 Å². The lowest BCUT2D eigenvalue weighted by Gasteiger charge is -1.91. The van der Waals surface area contributed by atoms with E-state index in [9.17, 15) is 0 Å². The summed E-state index contributed by atoms with van der Waals surface area (Å²) >= 11 is 0. The SMILES string of the molecule is [c]1coc2cccc-2c1. The molecule has 1 nitrogen and oxygen atoms in total. The van der Waals surface area contributed by atoms with Crippen LogP contribution in [0.2, 0.25) is 0 Å². The van der Waals surface area contributed by atoms with Crippen LogP contribution in [0.15, 0.2) is 34.9 Å². The Hall–Kier alpha value is -1.24. The maximum Gasteiger partial charge on any atom is 0.133 e. The van der Waals surface area contributed by atoms with Crippen molar-refractivity contribution in [3.63, 3.8) is 0 Å². The summed E-state index contributed by atoms with van der Waals surface area (Å²) in [5.41, 5.74) is 1.11. The summed E-state index contributed by atoms with van der Waals surface area (Å²) in [4.78, 5) is 0. The Morgan fingerprint density at radius 2 is 2.33 bits per heavy atom. The van der Waals surface area contributed by atoms with E-state index in [1.807, 2.05) is 24.3 Å². The van der Waals surface area contributed by atoms with Gasteiger partial charge < -0.3 is 4.42 Å². The predicted octanol–water partition coefficient (Wildman–Crippen LogP) is 2.18. The van der Waals surface area contributed by atoms with Crippen molar-refractivity contribution in [1.82, 2.24) is 0 Å². The third kappa shape index (κ3) is 0.617. The summed E-state index contributed by atoms with van der Waals surface area (Å²) in [6.07, 6.45) is 1.56. The van der Waals surface area contributed by atoms with Crippen molar-refractivity contribution in [3.8, 4) is 11.3 Å². The van der Waals surface area contributed by atoms with Gasteiger partial charge in [-0.05, 0) is 12.1 Å². The van der Waals surface area contributed by atoms with Crippen molar-refractivity contribution in [3.05, 3.63) is 36.6 Å². The largest absolute Gasteiger partial charge is 0.464 e. The summed E-state index contributed by atoms with van der Waals surface area (Å²) in [5.74, 6) is 0.925. The molecule has 0 saturated heterocycles. The number of hydrogen-bond acceptors (Lipinski definition) is 1. The van der Waals surface area contributed by atoms with Gasteiger partial charge in [0.15, 0.2) is 0 Å². The van der Waals surface area contributed by atoms with Gasteiger partial charge in [-0.2, -0.15) is 0 Å². The van der Waals surface area contributed by atoms with Crippen LogP contribution in [0.3, 0.4) is 0 Å². The minimum absolute atomic E-state index is 0.925. The lowest BCUT2D eigenvalue weighted by Crippen LogP contribution is -1.67. The monoisotopic (exact) mass is 117 g/mol. The quantitative estimate of drug-likeness (QED) is 0.515. The lowest BCUT2D eigenvalue weighted by molar-refractivity contribution is 0.566. The predicted molar refractivity (Wildman–Crippen MR) is 34.2 cm³/mol. The molecule has 0 amide bonds. The van der Waals surface area contributed by atoms with Gasteiger partial charge in [0, 0.05) is 11.6 Å². The molecule has 0 N–H and O–H groups in total. The molecule has 1 radical (unpaired) electrons. The van der Waals surface area contributed by atoms with Crippen molar-refractivity contribution >= 4 is 0 Å². The van der Waals surface area contributed by atoms with Crippen molar-refractivity contribution in [2.45, 2.75) is 0 Å². The van der Waals surface area contributed by atoms with Crippen LogP contribution in [0.25, 0.3) is 11.3 Å². The standard InChI is InChI=1S/C8H5O/c1-3-7-4-2-6-9-8(7)5-1/h1,3-6H. The first-order chi connectivity index (χ1) is 4.47. The van der Waals surface area contributed by atoms with Gasteiger partial charge in [0.2, 0.25) is 0 Å². The summed E-state index contributed by atoms with van der Waals surface area (Å²) in [6, 6.07) is 10.6. The smallest absolute Gasteiger partial charge is 0.133 e. The molecule has 0 atom stereocenters. The van der Waals surface area contributed by atoms with Gasteiger partial charge in [0.05, 0.1) is 6.26 Å². The molecule has 43 valence electrons. The number of rotatable bonds is 0. The molecule has 0 aromatic carbocycles. The zero-order valence-corrected chi connectivity index (χ0v) is 4.79. The highest BCUT2D eigenvalue weighted by Crippen LogP contribution is 2.20.